The van der Waals surface area contributed by atoms with Crippen molar-refractivity contribution in [2.75, 3.05) is 0 Å². The van der Waals surface area contributed by atoms with E-state index in [-0.39, 0.29) is 11.9 Å². The van der Waals surface area contributed by atoms with Crippen molar-refractivity contribution in [3.05, 3.63) is 35.4 Å². The highest BCUT2D eigenvalue weighted by Gasteiger charge is 2.15. The first-order valence-corrected chi connectivity index (χ1v) is 5.92. The van der Waals surface area contributed by atoms with Gasteiger partial charge in [-0.3, -0.25) is 15.0 Å². The van der Waals surface area contributed by atoms with Gasteiger partial charge in [0.15, 0.2) is 0 Å². The first-order valence-electron chi connectivity index (χ1n) is 5.92. The lowest BCUT2D eigenvalue weighted by Crippen LogP contribution is -2.26. The molecule has 0 radical (unpaired) electrons. The summed E-state index contributed by atoms with van der Waals surface area (Å²) in [6.07, 6.45) is 3.45. The quantitative estimate of drug-likeness (QED) is 0.769. The van der Waals surface area contributed by atoms with Crippen molar-refractivity contribution in [2.24, 2.45) is 0 Å². The SMILES string of the molecule is CC(C)c1cc(C(=O)NC(C)c2cn[nH]c2)n[nH]1. The minimum absolute atomic E-state index is 0.101. The average Bonchev–Trinajstić information content (AvgIpc) is 3.00. The van der Waals surface area contributed by atoms with Crippen LogP contribution in [0.15, 0.2) is 18.5 Å². The third-order valence-corrected chi connectivity index (χ3v) is 2.82. The van der Waals surface area contributed by atoms with Crippen LogP contribution in [0.25, 0.3) is 0 Å². The van der Waals surface area contributed by atoms with E-state index in [1.807, 2.05) is 20.8 Å². The number of carbonyl (C=O) groups is 1. The van der Waals surface area contributed by atoms with Crippen molar-refractivity contribution >= 4 is 5.91 Å². The molecular weight excluding hydrogens is 230 g/mol. The molecule has 6 heteroatoms. The Morgan fingerprint density at radius 2 is 2.17 bits per heavy atom. The summed E-state index contributed by atoms with van der Waals surface area (Å²) in [6.45, 7) is 5.99. The van der Waals surface area contributed by atoms with Gasteiger partial charge in [0.25, 0.3) is 5.91 Å². The van der Waals surface area contributed by atoms with Gasteiger partial charge < -0.3 is 5.32 Å². The van der Waals surface area contributed by atoms with Crippen LogP contribution in [0, 0.1) is 0 Å². The lowest BCUT2D eigenvalue weighted by molar-refractivity contribution is 0.0935. The molecule has 0 bridgehead atoms. The predicted molar refractivity (Wildman–Crippen MR) is 67.1 cm³/mol. The van der Waals surface area contributed by atoms with Crippen LogP contribution >= 0.6 is 0 Å². The van der Waals surface area contributed by atoms with E-state index < -0.39 is 0 Å². The molecule has 2 heterocycles. The predicted octanol–water partition coefficient (Wildman–Crippen LogP) is 1.75. The molecule has 0 aliphatic heterocycles. The second-order valence-electron chi connectivity index (χ2n) is 4.59. The highest BCUT2D eigenvalue weighted by Crippen LogP contribution is 2.13. The molecule has 0 aliphatic rings. The summed E-state index contributed by atoms with van der Waals surface area (Å²) in [5.41, 5.74) is 2.30. The van der Waals surface area contributed by atoms with Crippen molar-refractivity contribution in [2.45, 2.75) is 32.7 Å². The number of amides is 1. The fourth-order valence-electron chi connectivity index (χ4n) is 1.60. The van der Waals surface area contributed by atoms with Crippen molar-refractivity contribution in [1.29, 1.82) is 0 Å². The molecule has 1 atom stereocenters. The zero-order valence-corrected chi connectivity index (χ0v) is 10.7. The fourth-order valence-corrected chi connectivity index (χ4v) is 1.60. The topological polar surface area (TPSA) is 86.5 Å². The van der Waals surface area contributed by atoms with Gasteiger partial charge in [0.1, 0.15) is 5.69 Å². The molecule has 3 N–H and O–H groups in total. The molecule has 2 aromatic heterocycles. The highest BCUT2D eigenvalue weighted by molar-refractivity contribution is 5.92. The van der Waals surface area contributed by atoms with Crippen molar-refractivity contribution in [3.8, 4) is 0 Å². The minimum Gasteiger partial charge on any atom is -0.344 e. The Balaban J connectivity index is 2.03. The van der Waals surface area contributed by atoms with Crippen molar-refractivity contribution in [1.82, 2.24) is 25.7 Å². The van der Waals surface area contributed by atoms with Gasteiger partial charge in [-0.1, -0.05) is 13.8 Å². The van der Waals surface area contributed by atoms with E-state index in [0.29, 0.717) is 11.6 Å². The van der Waals surface area contributed by atoms with Crippen LogP contribution in [0.5, 0.6) is 0 Å². The average molecular weight is 247 g/mol. The standard InChI is InChI=1S/C12H17N5O/c1-7(2)10-4-11(17-16-10)12(18)15-8(3)9-5-13-14-6-9/h4-8H,1-3H3,(H,13,14)(H,15,18)(H,16,17). The van der Waals surface area contributed by atoms with Crippen molar-refractivity contribution < 1.29 is 4.79 Å². The van der Waals surface area contributed by atoms with Crippen LogP contribution in [0.4, 0.5) is 0 Å². The fraction of sp³-hybridized carbons (Fsp3) is 0.417. The second kappa shape index (κ2) is 5.03. The molecule has 96 valence electrons. The van der Waals surface area contributed by atoms with Gasteiger partial charge in [-0.05, 0) is 18.9 Å². The molecule has 2 aromatic rings. The first kappa shape index (κ1) is 12.3. The van der Waals surface area contributed by atoms with E-state index in [4.69, 9.17) is 0 Å². The van der Waals surface area contributed by atoms with Crippen LogP contribution < -0.4 is 5.32 Å². The smallest absolute Gasteiger partial charge is 0.272 e. The summed E-state index contributed by atoms with van der Waals surface area (Å²) in [6, 6.07) is 1.68. The van der Waals surface area contributed by atoms with Gasteiger partial charge in [-0.2, -0.15) is 10.2 Å². The van der Waals surface area contributed by atoms with Gasteiger partial charge in [-0.15, -0.1) is 0 Å². The number of rotatable bonds is 4. The van der Waals surface area contributed by atoms with Gasteiger partial charge in [-0.25, -0.2) is 0 Å². The molecule has 18 heavy (non-hydrogen) atoms. The molecule has 0 spiro atoms. The van der Waals surface area contributed by atoms with Gasteiger partial charge in [0.05, 0.1) is 12.2 Å². The summed E-state index contributed by atoms with van der Waals surface area (Å²) >= 11 is 0. The molecule has 0 saturated heterocycles. The number of aromatic amines is 2. The number of H-pyrrole nitrogens is 2. The van der Waals surface area contributed by atoms with E-state index in [9.17, 15) is 4.79 Å². The normalized spacial score (nSPS) is 12.7. The number of nitrogens with zero attached hydrogens (tertiary/aromatic N) is 2. The van der Waals surface area contributed by atoms with Crippen LogP contribution in [-0.4, -0.2) is 26.3 Å². The van der Waals surface area contributed by atoms with Crippen LogP contribution in [0.2, 0.25) is 0 Å². The molecule has 0 aliphatic carbocycles. The Morgan fingerprint density at radius 1 is 1.39 bits per heavy atom. The number of carbonyl (C=O) groups excluding carboxylic acids is 1. The molecule has 0 saturated carbocycles. The number of aromatic nitrogens is 4. The molecule has 6 nitrogen and oxygen atoms in total. The maximum atomic E-state index is 12.0. The number of nitrogens with one attached hydrogen (secondary N) is 3. The second-order valence-corrected chi connectivity index (χ2v) is 4.59. The summed E-state index contributed by atoms with van der Waals surface area (Å²) < 4.78 is 0. The Morgan fingerprint density at radius 3 is 2.72 bits per heavy atom. The van der Waals surface area contributed by atoms with Gasteiger partial charge in [0.2, 0.25) is 0 Å². The van der Waals surface area contributed by atoms with Crippen molar-refractivity contribution in [3.63, 3.8) is 0 Å². The first-order chi connectivity index (χ1) is 8.58. The molecular formula is C12H17N5O. The zero-order chi connectivity index (χ0) is 13.1. The summed E-state index contributed by atoms with van der Waals surface area (Å²) in [5, 5.41) is 16.3. The Labute approximate surface area is 105 Å². The zero-order valence-electron chi connectivity index (χ0n) is 10.7. The largest absolute Gasteiger partial charge is 0.344 e. The molecule has 2 rings (SSSR count). The van der Waals surface area contributed by atoms with E-state index in [1.54, 1.807) is 18.5 Å². The minimum atomic E-state index is -0.188. The molecule has 1 unspecified atom stereocenters. The van der Waals surface area contributed by atoms with Crippen LogP contribution in [0.3, 0.4) is 0 Å². The van der Waals surface area contributed by atoms with Crippen LogP contribution in [-0.2, 0) is 0 Å². The molecule has 1 amide bonds. The third kappa shape index (κ3) is 2.58. The number of hydrogen-bond donors (Lipinski definition) is 3. The van der Waals surface area contributed by atoms with E-state index in [1.165, 1.54) is 0 Å². The Kier molecular flexibility index (Phi) is 3.45. The summed E-state index contributed by atoms with van der Waals surface area (Å²) in [4.78, 5) is 12.0. The maximum Gasteiger partial charge on any atom is 0.272 e. The number of hydrogen-bond acceptors (Lipinski definition) is 3. The third-order valence-electron chi connectivity index (χ3n) is 2.82. The summed E-state index contributed by atoms with van der Waals surface area (Å²) in [7, 11) is 0. The van der Waals surface area contributed by atoms with E-state index in [0.717, 1.165) is 11.3 Å². The van der Waals surface area contributed by atoms with Gasteiger partial charge in [0, 0.05) is 17.5 Å². The molecule has 0 aromatic carbocycles. The lowest BCUT2D eigenvalue weighted by atomic mass is 10.1. The monoisotopic (exact) mass is 247 g/mol. The lowest BCUT2D eigenvalue weighted by Gasteiger charge is -2.10. The van der Waals surface area contributed by atoms with E-state index >= 15 is 0 Å². The van der Waals surface area contributed by atoms with Gasteiger partial charge >= 0.3 is 0 Å². The Hall–Kier alpha value is -2.11. The molecule has 0 fully saturated rings. The Bertz CT molecular complexity index is 514. The van der Waals surface area contributed by atoms with Crippen LogP contribution in [0.1, 0.15) is 54.5 Å². The highest BCUT2D eigenvalue weighted by atomic mass is 16.2. The maximum absolute atomic E-state index is 12.0. The summed E-state index contributed by atoms with van der Waals surface area (Å²) in [5.74, 6) is 0.136. The van der Waals surface area contributed by atoms with E-state index in [2.05, 4.69) is 25.7 Å².